The number of para-hydroxylation sites is 1. The van der Waals surface area contributed by atoms with E-state index in [1.54, 1.807) is 45.0 Å². The van der Waals surface area contributed by atoms with Crippen LogP contribution in [-0.2, 0) is 35.4 Å². The summed E-state index contributed by atoms with van der Waals surface area (Å²) in [6, 6.07) is 8.98. The van der Waals surface area contributed by atoms with Crippen molar-refractivity contribution in [1.29, 1.82) is 0 Å². The van der Waals surface area contributed by atoms with Gasteiger partial charge in [-0.05, 0) is 48.9 Å². The molecule has 20 heteroatoms. The number of fused-ring (bicyclic) bond motifs is 3. The maximum Gasteiger partial charge on any atom is 0.416 e. The molecule has 3 N–H and O–H groups in total. The molecule has 2 aromatic carbocycles. The fourth-order valence-electron chi connectivity index (χ4n) is 7.45. The van der Waals surface area contributed by atoms with Gasteiger partial charge in [0.1, 0.15) is 34.8 Å². The molecule has 0 unspecified atom stereocenters. The standard InChI is InChI=1S/C40H40F3N7O8S2/c1-5-21-17-39(21,36(54)49-60(55,56)24-14-15-24)48-33(52)26-16-23(18-50(26)35(53)31(38(2,3)4)46-37-44-28(51)19-59-37)57-34-30-29(25-8-6-7-9-27(25)58-30)45-32(47-34)20-10-12-22(13-11-20)40(41,42)43/h5-13,21,23-24,26,31H,1,14-19H2,2-4H3,(H,48,52)(H,49,54)(H,44,46,51)/t21-,23-,26+,31-,39-/m1/s1. The molecule has 4 aromatic rings. The Bertz CT molecular complexity index is 2590. The number of benzene rings is 2. The maximum absolute atomic E-state index is 14.7. The van der Waals surface area contributed by atoms with Gasteiger partial charge in [-0.3, -0.25) is 23.9 Å². The molecule has 1 saturated heterocycles. The highest BCUT2D eigenvalue weighted by Gasteiger charge is 2.62. The number of hydrogen-bond donors (Lipinski definition) is 3. The normalized spacial score (nSPS) is 23.6. The van der Waals surface area contributed by atoms with Gasteiger partial charge in [0.05, 0.1) is 23.1 Å². The van der Waals surface area contributed by atoms with E-state index >= 15 is 0 Å². The summed E-state index contributed by atoms with van der Waals surface area (Å²) >= 11 is 1.13. The number of thioether (sulfide) groups is 1. The van der Waals surface area contributed by atoms with Gasteiger partial charge in [0.2, 0.25) is 27.4 Å². The van der Waals surface area contributed by atoms with Crippen LogP contribution in [0.5, 0.6) is 5.88 Å². The Morgan fingerprint density at radius 1 is 1.08 bits per heavy atom. The first-order chi connectivity index (χ1) is 28.3. The highest BCUT2D eigenvalue weighted by atomic mass is 32.2. The summed E-state index contributed by atoms with van der Waals surface area (Å²) in [5, 5.41) is 5.96. The summed E-state index contributed by atoms with van der Waals surface area (Å²) < 4.78 is 80.6. The van der Waals surface area contributed by atoms with Gasteiger partial charge in [-0.1, -0.05) is 62.9 Å². The predicted octanol–water partition coefficient (Wildman–Crippen LogP) is 4.71. The highest BCUT2D eigenvalue weighted by molar-refractivity contribution is 8.14. The van der Waals surface area contributed by atoms with Crippen molar-refractivity contribution in [3.05, 3.63) is 66.7 Å². The van der Waals surface area contributed by atoms with Crippen molar-refractivity contribution in [3.63, 3.8) is 0 Å². The lowest BCUT2D eigenvalue weighted by Crippen LogP contribution is -2.60. The SMILES string of the molecule is C=C[C@@H]1C[C@]1(NC(=O)[C@@H]1C[C@@H](Oc2nc(-c3ccc(C(F)(F)F)cc3)nc3c2oc2ccccc23)CN1C(=O)[C@@H](NC1=NC(=O)CS1)C(C)(C)C)C(=O)NS(=O)(=O)C1CC1. The average Bonchev–Trinajstić information content (AvgIpc) is 4.04. The van der Waals surface area contributed by atoms with Crippen molar-refractivity contribution in [1.82, 2.24) is 30.2 Å². The molecule has 2 aliphatic heterocycles. The minimum Gasteiger partial charge on any atom is -0.470 e. The lowest BCUT2D eigenvalue weighted by Gasteiger charge is -2.36. The molecule has 2 saturated carbocycles. The molecule has 0 spiro atoms. The second kappa shape index (κ2) is 14.9. The number of nitrogens with one attached hydrogen (secondary N) is 3. The number of carbonyl (C=O) groups is 4. The summed E-state index contributed by atoms with van der Waals surface area (Å²) in [5.74, 6) is -3.17. The smallest absolute Gasteiger partial charge is 0.416 e. The second-order valence-electron chi connectivity index (χ2n) is 16.4. The third kappa shape index (κ3) is 7.93. The van der Waals surface area contributed by atoms with E-state index in [1.165, 1.54) is 23.1 Å². The van der Waals surface area contributed by atoms with E-state index in [2.05, 4.69) is 36.9 Å². The van der Waals surface area contributed by atoms with Crippen molar-refractivity contribution < 1.29 is 49.9 Å². The lowest BCUT2D eigenvalue weighted by atomic mass is 9.85. The van der Waals surface area contributed by atoms with Crippen LogP contribution in [0.25, 0.3) is 33.5 Å². The summed E-state index contributed by atoms with van der Waals surface area (Å²) in [7, 11) is -3.97. The Morgan fingerprint density at radius 2 is 1.80 bits per heavy atom. The number of nitrogens with zero attached hydrogens (tertiary/aromatic N) is 4. The van der Waals surface area contributed by atoms with Gasteiger partial charge in [0, 0.05) is 23.3 Å². The zero-order valence-electron chi connectivity index (χ0n) is 32.5. The molecule has 2 aromatic heterocycles. The number of hydrogen-bond acceptors (Lipinski definition) is 12. The highest BCUT2D eigenvalue weighted by Crippen LogP contribution is 2.46. The number of ether oxygens (including phenoxy) is 1. The van der Waals surface area contributed by atoms with Crippen LogP contribution in [0.1, 0.15) is 52.0 Å². The number of furan rings is 1. The summed E-state index contributed by atoms with van der Waals surface area (Å²) in [4.78, 5) is 69.3. The number of rotatable bonds is 11. The van der Waals surface area contributed by atoms with E-state index in [0.29, 0.717) is 29.3 Å². The van der Waals surface area contributed by atoms with E-state index in [-0.39, 0.29) is 59.1 Å². The minimum absolute atomic E-state index is 0.0256. The number of alkyl halides is 3. The van der Waals surface area contributed by atoms with E-state index in [1.807, 2.05) is 0 Å². The molecule has 0 radical (unpaired) electrons. The number of aromatic nitrogens is 2. The zero-order chi connectivity index (χ0) is 42.9. The van der Waals surface area contributed by atoms with Gasteiger partial charge in [-0.15, -0.1) is 6.58 Å². The fraction of sp³-hybridized carbons (Fsp3) is 0.425. The summed E-state index contributed by atoms with van der Waals surface area (Å²) in [5.41, 5.74) is -2.19. The fourth-order valence-corrected chi connectivity index (χ4v) is 9.51. The van der Waals surface area contributed by atoms with Crippen molar-refractivity contribution in [3.8, 4) is 17.3 Å². The predicted molar refractivity (Wildman–Crippen MR) is 215 cm³/mol. The Balaban J connectivity index is 1.15. The van der Waals surface area contributed by atoms with Crippen molar-refractivity contribution in [2.45, 2.75) is 81.6 Å². The van der Waals surface area contributed by atoms with Crippen LogP contribution in [0.3, 0.4) is 0 Å². The van der Waals surface area contributed by atoms with Gasteiger partial charge in [0.15, 0.2) is 11.0 Å². The van der Waals surface area contributed by atoms with Gasteiger partial charge in [0.25, 0.3) is 17.7 Å². The molecular formula is C40H40F3N7O8S2. The first-order valence-electron chi connectivity index (χ1n) is 19.1. The topological polar surface area (TPSA) is 202 Å². The molecule has 5 atom stereocenters. The molecule has 4 aliphatic rings. The molecule has 15 nitrogen and oxygen atoms in total. The molecule has 2 aliphatic carbocycles. The molecule has 4 heterocycles. The quantitative estimate of drug-likeness (QED) is 0.176. The van der Waals surface area contributed by atoms with Crippen LogP contribution in [0.2, 0.25) is 0 Å². The molecule has 0 bridgehead atoms. The van der Waals surface area contributed by atoms with Gasteiger partial charge in [-0.25, -0.2) is 13.4 Å². The third-order valence-corrected chi connectivity index (χ3v) is 13.7. The van der Waals surface area contributed by atoms with E-state index in [4.69, 9.17) is 9.15 Å². The Labute approximate surface area is 346 Å². The first kappa shape index (κ1) is 41.2. The van der Waals surface area contributed by atoms with Crippen LogP contribution in [0.4, 0.5) is 13.2 Å². The Kier molecular flexibility index (Phi) is 10.2. The molecule has 3 fully saturated rings. The van der Waals surface area contributed by atoms with E-state index < -0.39 is 79.8 Å². The van der Waals surface area contributed by atoms with Crippen LogP contribution >= 0.6 is 11.8 Å². The number of likely N-dealkylation sites (tertiary alicyclic amines) is 1. The van der Waals surface area contributed by atoms with E-state index in [9.17, 15) is 40.8 Å². The van der Waals surface area contributed by atoms with Crippen LogP contribution in [-0.4, -0.2) is 93.4 Å². The number of amides is 4. The molecule has 4 amide bonds. The molecular weight excluding hydrogens is 828 g/mol. The number of sulfonamides is 1. The van der Waals surface area contributed by atoms with Crippen molar-refractivity contribution in [2.24, 2.45) is 16.3 Å². The first-order valence-corrected chi connectivity index (χ1v) is 21.7. The number of halogens is 3. The average molecular weight is 868 g/mol. The zero-order valence-corrected chi connectivity index (χ0v) is 34.2. The maximum atomic E-state index is 14.7. The number of carbonyl (C=O) groups excluding carboxylic acids is 4. The Hall–Kier alpha value is -5.50. The number of aliphatic imine (C=N–C) groups is 1. The van der Waals surface area contributed by atoms with Crippen molar-refractivity contribution >= 4 is 72.7 Å². The summed E-state index contributed by atoms with van der Waals surface area (Å²) in [6.45, 7) is 8.96. The lowest BCUT2D eigenvalue weighted by molar-refractivity contribution is -0.142. The molecule has 60 heavy (non-hydrogen) atoms. The van der Waals surface area contributed by atoms with Gasteiger partial charge >= 0.3 is 6.18 Å². The molecule has 316 valence electrons. The second-order valence-corrected chi connectivity index (χ2v) is 19.3. The van der Waals surface area contributed by atoms with Crippen molar-refractivity contribution in [2.75, 3.05) is 12.3 Å². The number of amidine groups is 1. The monoisotopic (exact) mass is 867 g/mol. The van der Waals surface area contributed by atoms with Crippen LogP contribution in [0.15, 0.2) is 70.6 Å². The van der Waals surface area contributed by atoms with Crippen LogP contribution < -0.4 is 20.1 Å². The largest absolute Gasteiger partial charge is 0.470 e. The Morgan fingerprint density at radius 3 is 2.42 bits per heavy atom. The summed E-state index contributed by atoms with van der Waals surface area (Å²) in [6.07, 6.45) is -3.31. The third-order valence-electron chi connectivity index (χ3n) is 11.0. The van der Waals surface area contributed by atoms with E-state index in [0.717, 1.165) is 23.9 Å². The van der Waals surface area contributed by atoms with Gasteiger partial charge in [-0.2, -0.15) is 23.1 Å². The molecule has 8 rings (SSSR count). The minimum atomic E-state index is -4.57. The van der Waals surface area contributed by atoms with Crippen LogP contribution in [0, 0.1) is 11.3 Å². The van der Waals surface area contributed by atoms with Gasteiger partial charge < -0.3 is 24.7 Å².